The van der Waals surface area contributed by atoms with Gasteiger partial charge in [0, 0.05) is 30.7 Å². The molecule has 0 atom stereocenters. The first-order valence-electron chi connectivity index (χ1n) is 9.88. The van der Waals surface area contributed by atoms with Crippen LogP contribution in [0.4, 0.5) is 5.95 Å². The molecule has 0 spiro atoms. The molecule has 2 N–H and O–H groups in total. The average molecular weight is 358 g/mol. The molecular weight excluding hydrogens is 326 g/mol. The predicted molar refractivity (Wildman–Crippen MR) is 105 cm³/mol. The smallest absolute Gasteiger partial charge is 0.223 e. The van der Waals surface area contributed by atoms with E-state index in [1.165, 1.54) is 0 Å². The summed E-state index contributed by atoms with van der Waals surface area (Å²) in [7, 11) is 1.92. The summed E-state index contributed by atoms with van der Waals surface area (Å²) >= 11 is 0. The minimum atomic E-state index is 0.138. The lowest BCUT2D eigenvalue weighted by atomic mass is 9.85. The summed E-state index contributed by atoms with van der Waals surface area (Å²) in [6.07, 6.45) is 7.82. The maximum Gasteiger partial charge on any atom is 0.223 e. The summed E-state index contributed by atoms with van der Waals surface area (Å²) in [5, 5.41) is 6.30. The number of fused-ring (bicyclic) bond motifs is 1. The van der Waals surface area contributed by atoms with Gasteiger partial charge in [-0.15, -0.1) is 0 Å². The molecule has 2 aromatic heterocycles. The second kappa shape index (κ2) is 8.06. The molecule has 142 valence electrons. The van der Waals surface area contributed by atoms with Crippen molar-refractivity contribution < 1.29 is 4.79 Å². The van der Waals surface area contributed by atoms with Crippen molar-refractivity contribution >= 4 is 22.9 Å². The zero-order chi connectivity index (χ0) is 18.7. The molecule has 1 fully saturated rings. The first kappa shape index (κ1) is 18.7. The number of nitrogens with one attached hydrogen (secondary N) is 2. The summed E-state index contributed by atoms with van der Waals surface area (Å²) in [5.41, 5.74) is 3.21. The Morgan fingerprint density at radius 3 is 2.65 bits per heavy atom. The van der Waals surface area contributed by atoms with E-state index in [9.17, 15) is 4.79 Å². The van der Waals surface area contributed by atoms with Gasteiger partial charge in [0.2, 0.25) is 11.9 Å². The van der Waals surface area contributed by atoms with Crippen LogP contribution in [-0.4, -0.2) is 33.5 Å². The normalized spacial score (nSPS) is 20.5. The van der Waals surface area contributed by atoms with Crippen molar-refractivity contribution in [2.45, 2.75) is 71.4 Å². The SMILES string of the molecule is CCCc1cc2c(cn1)nc(NC)n2C1CCC(C(=O)NC(C)C)CC1. The number of nitrogens with zero attached hydrogens (tertiary/aromatic N) is 3. The van der Waals surface area contributed by atoms with Crippen molar-refractivity contribution in [3.05, 3.63) is 18.0 Å². The van der Waals surface area contributed by atoms with Gasteiger partial charge in [0.25, 0.3) is 0 Å². The van der Waals surface area contributed by atoms with Crippen LogP contribution < -0.4 is 10.6 Å². The number of anilines is 1. The van der Waals surface area contributed by atoms with Gasteiger partial charge in [-0.2, -0.15) is 0 Å². The molecule has 1 aliphatic carbocycles. The number of aryl methyl sites for hydroxylation is 1. The fourth-order valence-electron chi connectivity index (χ4n) is 3.98. The Hall–Kier alpha value is -2.11. The lowest BCUT2D eigenvalue weighted by molar-refractivity contribution is -0.126. The topological polar surface area (TPSA) is 71.8 Å². The van der Waals surface area contributed by atoms with Gasteiger partial charge in [-0.05, 0) is 52.0 Å². The molecule has 0 aromatic carbocycles. The van der Waals surface area contributed by atoms with Crippen molar-refractivity contribution in [2.24, 2.45) is 5.92 Å². The number of rotatable bonds is 6. The second-order valence-electron chi connectivity index (χ2n) is 7.64. The third-order valence-electron chi connectivity index (χ3n) is 5.23. The van der Waals surface area contributed by atoms with E-state index in [2.05, 4.69) is 33.2 Å². The lowest BCUT2D eigenvalue weighted by Crippen LogP contribution is -2.37. The van der Waals surface area contributed by atoms with Crippen molar-refractivity contribution in [3.8, 4) is 0 Å². The summed E-state index contributed by atoms with van der Waals surface area (Å²) < 4.78 is 2.33. The molecule has 0 bridgehead atoms. The highest BCUT2D eigenvalue weighted by Crippen LogP contribution is 2.36. The zero-order valence-electron chi connectivity index (χ0n) is 16.4. The summed E-state index contributed by atoms with van der Waals surface area (Å²) in [4.78, 5) is 21.6. The van der Waals surface area contributed by atoms with E-state index in [4.69, 9.17) is 4.98 Å². The number of amides is 1. The maximum absolute atomic E-state index is 12.3. The van der Waals surface area contributed by atoms with Crippen molar-refractivity contribution in [1.29, 1.82) is 0 Å². The Morgan fingerprint density at radius 1 is 1.31 bits per heavy atom. The molecule has 6 heteroatoms. The molecule has 2 heterocycles. The van der Waals surface area contributed by atoms with Crippen LogP contribution in [0, 0.1) is 5.92 Å². The Bertz CT molecular complexity index is 759. The Labute approximate surface area is 155 Å². The van der Waals surface area contributed by atoms with Gasteiger partial charge >= 0.3 is 0 Å². The second-order valence-corrected chi connectivity index (χ2v) is 7.64. The standard InChI is InChI=1S/C20H31N5O/c1-5-6-15-11-18-17(12-22-15)24-20(21-4)25(18)16-9-7-14(8-10-16)19(26)23-13(2)3/h11-14,16H,5-10H2,1-4H3,(H,21,24)(H,23,26). The molecule has 26 heavy (non-hydrogen) atoms. The van der Waals surface area contributed by atoms with Crippen molar-refractivity contribution in [3.63, 3.8) is 0 Å². The van der Waals surface area contributed by atoms with Crippen LogP contribution >= 0.6 is 0 Å². The number of aromatic nitrogens is 3. The number of carbonyl (C=O) groups excluding carboxylic acids is 1. The van der Waals surface area contributed by atoms with Crippen LogP contribution in [0.2, 0.25) is 0 Å². The largest absolute Gasteiger partial charge is 0.359 e. The Kier molecular flexibility index (Phi) is 5.79. The summed E-state index contributed by atoms with van der Waals surface area (Å²) in [6.45, 7) is 6.20. The number of pyridine rings is 1. The average Bonchev–Trinajstić information content (AvgIpc) is 2.99. The van der Waals surface area contributed by atoms with Crippen LogP contribution in [0.1, 0.15) is 64.6 Å². The van der Waals surface area contributed by atoms with Gasteiger partial charge in [-0.25, -0.2) is 4.98 Å². The highest BCUT2D eigenvalue weighted by molar-refractivity contribution is 5.79. The molecule has 1 saturated carbocycles. The molecule has 1 aliphatic rings. The Balaban J connectivity index is 1.81. The highest BCUT2D eigenvalue weighted by Gasteiger charge is 2.29. The number of carbonyl (C=O) groups is 1. The first-order valence-corrected chi connectivity index (χ1v) is 9.88. The van der Waals surface area contributed by atoms with E-state index in [1.54, 1.807) is 0 Å². The predicted octanol–water partition coefficient (Wildman–Crippen LogP) is 3.68. The number of imidazole rings is 1. The van der Waals surface area contributed by atoms with Crippen LogP contribution in [-0.2, 0) is 11.2 Å². The summed E-state index contributed by atoms with van der Waals surface area (Å²) in [5.74, 6) is 1.24. The van der Waals surface area contributed by atoms with Gasteiger partial charge in [-0.1, -0.05) is 13.3 Å². The monoisotopic (exact) mass is 357 g/mol. The van der Waals surface area contributed by atoms with E-state index in [0.29, 0.717) is 6.04 Å². The van der Waals surface area contributed by atoms with Crippen LogP contribution in [0.3, 0.4) is 0 Å². The van der Waals surface area contributed by atoms with E-state index < -0.39 is 0 Å². The molecular formula is C20H31N5O. The minimum absolute atomic E-state index is 0.138. The van der Waals surface area contributed by atoms with Gasteiger partial charge in [-0.3, -0.25) is 9.78 Å². The van der Waals surface area contributed by atoms with E-state index in [-0.39, 0.29) is 17.9 Å². The van der Waals surface area contributed by atoms with Gasteiger partial charge in [0.15, 0.2) is 0 Å². The van der Waals surface area contributed by atoms with Gasteiger partial charge < -0.3 is 15.2 Å². The molecule has 2 aromatic rings. The Morgan fingerprint density at radius 2 is 2.04 bits per heavy atom. The van der Waals surface area contributed by atoms with Crippen molar-refractivity contribution in [2.75, 3.05) is 12.4 Å². The maximum atomic E-state index is 12.3. The first-order chi connectivity index (χ1) is 12.5. The molecule has 6 nitrogen and oxygen atoms in total. The minimum Gasteiger partial charge on any atom is -0.359 e. The van der Waals surface area contributed by atoms with Gasteiger partial charge in [0.05, 0.1) is 11.7 Å². The van der Waals surface area contributed by atoms with Crippen LogP contribution in [0.25, 0.3) is 11.0 Å². The third-order valence-corrected chi connectivity index (χ3v) is 5.23. The fraction of sp³-hybridized carbons (Fsp3) is 0.650. The lowest BCUT2D eigenvalue weighted by Gasteiger charge is -2.30. The van der Waals surface area contributed by atoms with E-state index in [0.717, 1.165) is 61.2 Å². The van der Waals surface area contributed by atoms with Crippen molar-refractivity contribution in [1.82, 2.24) is 19.9 Å². The summed E-state index contributed by atoms with van der Waals surface area (Å²) in [6, 6.07) is 2.77. The molecule has 0 saturated heterocycles. The molecule has 1 amide bonds. The van der Waals surface area contributed by atoms with Gasteiger partial charge in [0.1, 0.15) is 5.52 Å². The molecule has 0 unspecified atom stereocenters. The fourth-order valence-corrected chi connectivity index (χ4v) is 3.98. The van der Waals surface area contributed by atoms with E-state index in [1.807, 2.05) is 27.1 Å². The zero-order valence-corrected chi connectivity index (χ0v) is 16.4. The van der Waals surface area contributed by atoms with Crippen LogP contribution in [0.15, 0.2) is 12.3 Å². The molecule has 0 aliphatic heterocycles. The molecule has 0 radical (unpaired) electrons. The molecule has 3 rings (SSSR count). The third kappa shape index (κ3) is 3.84. The number of hydrogen-bond acceptors (Lipinski definition) is 4. The highest BCUT2D eigenvalue weighted by atomic mass is 16.1. The van der Waals surface area contributed by atoms with Crippen LogP contribution in [0.5, 0.6) is 0 Å². The quantitative estimate of drug-likeness (QED) is 0.827. The number of hydrogen-bond donors (Lipinski definition) is 2. The van der Waals surface area contributed by atoms with E-state index >= 15 is 0 Å².